The first kappa shape index (κ1) is 19.7. The molecule has 1 saturated heterocycles. The quantitative estimate of drug-likeness (QED) is 0.591. The maximum atomic E-state index is 14.6. The monoisotopic (exact) mass is 428 g/mol. The lowest BCUT2D eigenvalue weighted by atomic mass is 9.86. The zero-order chi connectivity index (χ0) is 21.2. The fourth-order valence-electron chi connectivity index (χ4n) is 5.22. The summed E-state index contributed by atoms with van der Waals surface area (Å²) >= 11 is 5.95. The van der Waals surface area contributed by atoms with Crippen molar-refractivity contribution in [1.82, 2.24) is 4.90 Å². The summed E-state index contributed by atoms with van der Waals surface area (Å²) in [6.07, 6.45) is 1.64. The molecule has 0 spiro atoms. The smallest absolute Gasteiger partial charge is 0.410 e. The number of likely N-dealkylation sites (tertiary alicyclic amines) is 1. The van der Waals surface area contributed by atoms with Crippen molar-refractivity contribution in [2.24, 2.45) is 0 Å². The van der Waals surface area contributed by atoms with Crippen LogP contribution in [0, 0.1) is 5.82 Å². The Balaban J connectivity index is 1.50. The molecule has 6 heteroatoms. The van der Waals surface area contributed by atoms with Crippen molar-refractivity contribution in [1.29, 1.82) is 0 Å². The number of rotatable bonds is 1. The molecule has 30 heavy (non-hydrogen) atoms. The molecular weight excluding hydrogens is 403 g/mol. The first-order valence-corrected chi connectivity index (χ1v) is 11.0. The average molecular weight is 429 g/mol. The van der Waals surface area contributed by atoms with Gasteiger partial charge in [-0.15, -0.1) is 0 Å². The maximum absolute atomic E-state index is 14.6. The number of ether oxygens (including phenoxy) is 1. The molecule has 1 amide bonds. The van der Waals surface area contributed by atoms with E-state index < -0.39 is 5.60 Å². The molecule has 2 aromatic carbocycles. The van der Waals surface area contributed by atoms with Gasteiger partial charge in [0, 0.05) is 47.9 Å². The third-order valence-electron chi connectivity index (χ3n) is 6.40. The molecule has 0 aromatic heterocycles. The SMILES string of the molecule is CC(C)(C)OC(=O)N1CC[C@@H]2[C@H](C1)c1cc(-c3ccc(Cl)cc3F)cc3c1N2CC3. The normalized spacial score (nSPS) is 22.2. The highest BCUT2D eigenvalue weighted by Crippen LogP contribution is 2.51. The molecule has 5 rings (SSSR count). The van der Waals surface area contributed by atoms with Crippen LogP contribution in [0.5, 0.6) is 0 Å². The molecule has 3 aliphatic rings. The molecule has 1 fully saturated rings. The Morgan fingerprint density at radius 1 is 1.20 bits per heavy atom. The van der Waals surface area contributed by atoms with Crippen molar-refractivity contribution in [3.8, 4) is 11.1 Å². The summed E-state index contributed by atoms with van der Waals surface area (Å²) in [5, 5.41) is 0.397. The minimum absolute atomic E-state index is 0.218. The first-order chi connectivity index (χ1) is 14.2. The van der Waals surface area contributed by atoms with E-state index in [1.165, 1.54) is 22.9 Å². The van der Waals surface area contributed by atoms with Gasteiger partial charge in [0.1, 0.15) is 11.4 Å². The van der Waals surface area contributed by atoms with E-state index in [1.54, 1.807) is 12.1 Å². The number of hydrogen-bond donors (Lipinski definition) is 0. The van der Waals surface area contributed by atoms with Gasteiger partial charge in [-0.05, 0) is 80.6 Å². The predicted octanol–water partition coefficient (Wildman–Crippen LogP) is 5.62. The average Bonchev–Trinajstić information content (AvgIpc) is 3.22. The molecule has 3 heterocycles. The van der Waals surface area contributed by atoms with Gasteiger partial charge < -0.3 is 14.5 Å². The number of amides is 1. The number of hydrogen-bond acceptors (Lipinski definition) is 3. The standard InChI is InChI=1S/C24H26ClFN2O2/c1-24(2,3)30-23(29)27-8-7-21-19(13-27)18-11-15(10-14-6-9-28(21)22(14)18)17-5-4-16(25)12-20(17)26/h4-5,10-12,19,21H,6-9,13H2,1-3H3/t19-,21-/m1/s1. The number of anilines is 1. The Hall–Kier alpha value is -2.27. The molecule has 0 aliphatic carbocycles. The Morgan fingerprint density at radius 2 is 2.00 bits per heavy atom. The molecule has 0 radical (unpaired) electrons. The second-order valence-electron chi connectivity index (χ2n) is 9.53. The highest BCUT2D eigenvalue weighted by atomic mass is 35.5. The Labute approximate surface area is 181 Å². The first-order valence-electron chi connectivity index (χ1n) is 10.6. The third kappa shape index (κ3) is 3.24. The summed E-state index contributed by atoms with van der Waals surface area (Å²) in [6.45, 7) is 8.00. The number of carbonyl (C=O) groups is 1. The van der Waals surface area contributed by atoms with Gasteiger partial charge >= 0.3 is 6.09 Å². The summed E-state index contributed by atoms with van der Waals surface area (Å²) in [5.41, 5.74) is 4.75. The molecular formula is C24H26ClFN2O2. The van der Waals surface area contributed by atoms with Gasteiger partial charge in [0.2, 0.25) is 0 Å². The second kappa shape index (κ2) is 6.88. The topological polar surface area (TPSA) is 32.8 Å². The molecule has 2 atom stereocenters. The fourth-order valence-corrected chi connectivity index (χ4v) is 5.38. The van der Waals surface area contributed by atoms with Crippen molar-refractivity contribution in [2.45, 2.75) is 51.2 Å². The number of nitrogens with zero attached hydrogens (tertiary/aromatic N) is 2. The highest BCUT2D eigenvalue weighted by Gasteiger charge is 2.46. The van der Waals surface area contributed by atoms with Crippen molar-refractivity contribution in [3.05, 3.63) is 52.3 Å². The largest absolute Gasteiger partial charge is 0.444 e. The number of halogens is 2. The van der Waals surface area contributed by atoms with E-state index in [2.05, 4.69) is 17.0 Å². The lowest BCUT2D eigenvalue weighted by molar-refractivity contribution is 0.0189. The zero-order valence-corrected chi connectivity index (χ0v) is 18.3. The van der Waals surface area contributed by atoms with E-state index in [-0.39, 0.29) is 17.8 Å². The zero-order valence-electron chi connectivity index (χ0n) is 17.5. The van der Waals surface area contributed by atoms with Gasteiger partial charge in [-0.3, -0.25) is 0 Å². The minimum atomic E-state index is -0.508. The second-order valence-corrected chi connectivity index (χ2v) is 9.97. The summed E-state index contributed by atoms with van der Waals surface area (Å²) in [4.78, 5) is 17.0. The molecule has 2 aromatic rings. The van der Waals surface area contributed by atoms with Crippen LogP contribution in [-0.2, 0) is 11.2 Å². The summed E-state index contributed by atoms with van der Waals surface area (Å²) in [6, 6.07) is 9.47. The molecule has 3 aliphatic heterocycles. The van der Waals surface area contributed by atoms with Crippen LogP contribution in [0.3, 0.4) is 0 Å². The van der Waals surface area contributed by atoms with Crippen LogP contribution in [0.4, 0.5) is 14.9 Å². The highest BCUT2D eigenvalue weighted by molar-refractivity contribution is 6.30. The van der Waals surface area contributed by atoms with Crippen molar-refractivity contribution in [3.63, 3.8) is 0 Å². The van der Waals surface area contributed by atoms with Crippen LogP contribution < -0.4 is 4.90 Å². The van der Waals surface area contributed by atoms with E-state index in [1.807, 2.05) is 25.7 Å². The van der Waals surface area contributed by atoms with Gasteiger partial charge in [-0.25, -0.2) is 9.18 Å². The van der Waals surface area contributed by atoms with Gasteiger partial charge in [0.15, 0.2) is 0 Å². The molecule has 158 valence electrons. The van der Waals surface area contributed by atoms with E-state index in [9.17, 15) is 9.18 Å². The van der Waals surface area contributed by atoms with Crippen LogP contribution >= 0.6 is 11.6 Å². The summed E-state index contributed by atoms with van der Waals surface area (Å²) in [5.74, 6) is -0.0892. The molecule has 0 bridgehead atoms. The van der Waals surface area contributed by atoms with E-state index >= 15 is 0 Å². The van der Waals surface area contributed by atoms with E-state index in [4.69, 9.17) is 16.3 Å². The molecule has 0 saturated carbocycles. The minimum Gasteiger partial charge on any atom is -0.444 e. The van der Waals surface area contributed by atoms with Gasteiger partial charge in [0.05, 0.1) is 0 Å². The van der Waals surface area contributed by atoms with Crippen LogP contribution in [0.25, 0.3) is 11.1 Å². The fraction of sp³-hybridized carbons (Fsp3) is 0.458. The third-order valence-corrected chi connectivity index (χ3v) is 6.63. The number of piperidine rings is 1. The van der Waals surface area contributed by atoms with Gasteiger partial charge in [0.25, 0.3) is 0 Å². The van der Waals surface area contributed by atoms with Crippen LogP contribution in [0.2, 0.25) is 5.02 Å². The van der Waals surface area contributed by atoms with Crippen molar-refractivity contribution < 1.29 is 13.9 Å². The van der Waals surface area contributed by atoms with E-state index in [0.29, 0.717) is 29.7 Å². The molecule has 0 N–H and O–H groups in total. The van der Waals surface area contributed by atoms with Crippen molar-refractivity contribution >= 4 is 23.4 Å². The van der Waals surface area contributed by atoms with Crippen LogP contribution in [0.1, 0.15) is 44.2 Å². The summed E-state index contributed by atoms with van der Waals surface area (Å²) in [7, 11) is 0. The Morgan fingerprint density at radius 3 is 2.73 bits per heavy atom. The molecule has 4 nitrogen and oxygen atoms in total. The number of carbonyl (C=O) groups excluding carboxylic acids is 1. The maximum Gasteiger partial charge on any atom is 0.410 e. The predicted molar refractivity (Wildman–Crippen MR) is 117 cm³/mol. The molecule has 0 unspecified atom stereocenters. The summed E-state index contributed by atoms with van der Waals surface area (Å²) < 4.78 is 20.2. The lowest BCUT2D eigenvalue weighted by Crippen LogP contribution is -2.49. The Kier molecular flexibility index (Phi) is 4.51. The van der Waals surface area contributed by atoms with Crippen LogP contribution in [0.15, 0.2) is 30.3 Å². The van der Waals surface area contributed by atoms with Crippen LogP contribution in [-0.4, -0.2) is 42.3 Å². The number of benzene rings is 2. The van der Waals surface area contributed by atoms with Crippen molar-refractivity contribution in [2.75, 3.05) is 24.5 Å². The van der Waals surface area contributed by atoms with E-state index in [0.717, 1.165) is 24.9 Å². The van der Waals surface area contributed by atoms with Gasteiger partial charge in [-0.2, -0.15) is 0 Å². The number of fused-ring (bicyclic) bond motifs is 3. The lowest BCUT2D eigenvalue weighted by Gasteiger charge is -2.38. The van der Waals surface area contributed by atoms with Gasteiger partial charge in [-0.1, -0.05) is 11.6 Å². The Bertz CT molecular complexity index is 1030.